The van der Waals surface area contributed by atoms with E-state index in [2.05, 4.69) is 5.10 Å². The Morgan fingerprint density at radius 1 is 1.07 bits per heavy atom. The summed E-state index contributed by atoms with van der Waals surface area (Å²) in [6.45, 7) is 4.68. The zero-order chi connectivity index (χ0) is 20.6. The normalized spacial score (nSPS) is 12.5. The lowest BCUT2D eigenvalue weighted by Gasteiger charge is -2.25. The molecule has 0 unspecified atom stereocenters. The van der Waals surface area contributed by atoms with Gasteiger partial charge in [0, 0.05) is 13.1 Å². The molecule has 2 aromatic rings. The molecule has 0 aliphatic rings. The van der Waals surface area contributed by atoms with Crippen molar-refractivity contribution in [2.75, 3.05) is 18.0 Å². The first kappa shape index (κ1) is 22.7. The molecule has 12 heteroatoms. The van der Waals surface area contributed by atoms with E-state index in [0.29, 0.717) is 30.7 Å². The van der Waals surface area contributed by atoms with Crippen molar-refractivity contribution in [3.05, 3.63) is 33.9 Å². The summed E-state index contributed by atoms with van der Waals surface area (Å²) in [7, 11) is 0. The van der Waals surface area contributed by atoms with Gasteiger partial charge in [-0.2, -0.15) is 22.7 Å². The number of thioether (sulfide) groups is 1. The van der Waals surface area contributed by atoms with E-state index in [1.54, 1.807) is 4.90 Å². The second kappa shape index (κ2) is 8.45. The van der Waals surface area contributed by atoms with Crippen molar-refractivity contribution >= 4 is 64.0 Å². The van der Waals surface area contributed by atoms with Crippen molar-refractivity contribution in [3.8, 4) is 5.69 Å². The Labute approximate surface area is 177 Å². The summed E-state index contributed by atoms with van der Waals surface area (Å²) in [6.07, 6.45) is -3.31. The molecule has 1 aromatic carbocycles. The molecule has 1 aromatic heterocycles. The minimum absolute atomic E-state index is 0.0358. The van der Waals surface area contributed by atoms with Crippen molar-refractivity contribution in [2.45, 2.75) is 28.8 Å². The number of alkyl halides is 6. The maximum Gasteiger partial charge on any atom is 0.416 e. The average Bonchev–Trinajstić information content (AvgIpc) is 2.89. The molecule has 3 nitrogen and oxygen atoms in total. The molecule has 0 spiro atoms. The minimum Gasteiger partial charge on any atom is -0.356 e. The molecule has 0 saturated carbocycles. The summed E-state index contributed by atoms with van der Waals surface area (Å²) < 4.78 is 51.3. The predicted octanol–water partition coefficient (Wildman–Crippen LogP) is 7.19. The van der Waals surface area contributed by atoms with Gasteiger partial charge in [0.2, 0.25) is 0 Å². The third-order valence-electron chi connectivity index (χ3n) is 3.56. The molecule has 0 fully saturated rings. The third kappa shape index (κ3) is 5.29. The van der Waals surface area contributed by atoms with Crippen LogP contribution in [0.2, 0.25) is 10.0 Å². The number of rotatable bonds is 6. The molecule has 0 aliphatic carbocycles. The van der Waals surface area contributed by atoms with Crippen LogP contribution in [-0.4, -0.2) is 26.8 Å². The monoisotopic (exact) mass is 483 g/mol. The van der Waals surface area contributed by atoms with Gasteiger partial charge in [0.15, 0.2) is 0 Å². The maximum atomic E-state index is 13.7. The van der Waals surface area contributed by atoms with Gasteiger partial charge in [0.25, 0.3) is 0 Å². The molecule has 0 atom stereocenters. The minimum atomic E-state index is -4.61. The Morgan fingerprint density at radius 2 is 1.59 bits per heavy atom. The molecule has 0 amide bonds. The fourth-order valence-corrected chi connectivity index (χ4v) is 4.23. The van der Waals surface area contributed by atoms with Gasteiger partial charge in [-0.05, 0) is 37.7 Å². The highest BCUT2D eigenvalue weighted by Crippen LogP contribution is 2.46. The third-order valence-corrected chi connectivity index (χ3v) is 5.33. The highest BCUT2D eigenvalue weighted by Gasteiger charge is 2.34. The van der Waals surface area contributed by atoms with Gasteiger partial charge in [-0.1, -0.05) is 46.4 Å². The molecular formula is C15H13Cl4F4N3S. The summed E-state index contributed by atoms with van der Waals surface area (Å²) in [6, 6.07) is 1.51. The Morgan fingerprint density at radius 3 is 2.00 bits per heavy atom. The number of hydrogen-bond donors (Lipinski definition) is 0. The molecular weight excluding hydrogens is 472 g/mol. The van der Waals surface area contributed by atoms with E-state index in [1.807, 2.05) is 13.8 Å². The fourth-order valence-electron chi connectivity index (χ4n) is 2.43. The van der Waals surface area contributed by atoms with Gasteiger partial charge in [0.05, 0.1) is 26.7 Å². The largest absolute Gasteiger partial charge is 0.416 e. The van der Waals surface area contributed by atoms with Crippen LogP contribution in [0.15, 0.2) is 23.2 Å². The first-order chi connectivity index (χ1) is 12.4. The molecule has 0 saturated heterocycles. The second-order valence-corrected chi connectivity index (χ2v) is 8.95. The second-order valence-electron chi connectivity index (χ2n) is 5.25. The summed E-state index contributed by atoms with van der Waals surface area (Å²) in [4.78, 5) is 2.07. The van der Waals surface area contributed by atoms with Gasteiger partial charge in [-0.25, -0.2) is 4.68 Å². The van der Waals surface area contributed by atoms with Crippen LogP contribution in [0.5, 0.6) is 0 Å². The first-order valence-corrected chi connectivity index (χ1v) is 9.87. The average molecular weight is 485 g/mol. The van der Waals surface area contributed by atoms with Crippen molar-refractivity contribution in [2.24, 2.45) is 0 Å². The van der Waals surface area contributed by atoms with Crippen molar-refractivity contribution < 1.29 is 17.6 Å². The number of nitrogens with zero attached hydrogens (tertiary/aromatic N) is 3. The van der Waals surface area contributed by atoms with Crippen LogP contribution >= 0.6 is 58.2 Å². The Balaban J connectivity index is 2.69. The summed E-state index contributed by atoms with van der Waals surface area (Å²) in [5, 5.41) is 3.60. The highest BCUT2D eigenvalue weighted by atomic mass is 35.5. The van der Waals surface area contributed by atoms with E-state index in [1.165, 1.54) is 10.9 Å². The SMILES string of the molecule is CCN(CC)c1c(SC(F)(Cl)Cl)cnn1-c1c(Cl)cc(C(F)(F)F)cc1Cl. The van der Waals surface area contributed by atoms with Crippen LogP contribution in [0.1, 0.15) is 19.4 Å². The summed E-state index contributed by atoms with van der Waals surface area (Å²) in [5.41, 5.74) is -0.953. The molecule has 0 N–H and O–H groups in total. The van der Waals surface area contributed by atoms with Gasteiger partial charge < -0.3 is 4.90 Å². The van der Waals surface area contributed by atoms with Crippen LogP contribution in [0.3, 0.4) is 0 Å². The number of aromatic nitrogens is 2. The van der Waals surface area contributed by atoms with Crippen LogP contribution in [0, 0.1) is 0 Å². The predicted molar refractivity (Wildman–Crippen MR) is 104 cm³/mol. The lowest BCUT2D eigenvalue weighted by molar-refractivity contribution is -0.137. The number of halogens is 8. The molecule has 27 heavy (non-hydrogen) atoms. The Kier molecular flexibility index (Phi) is 7.12. The Hall–Kier alpha value is -0.540. The number of hydrogen-bond acceptors (Lipinski definition) is 3. The molecule has 1 heterocycles. The van der Waals surface area contributed by atoms with Crippen LogP contribution in [-0.2, 0) is 6.18 Å². The molecule has 0 radical (unpaired) electrons. The van der Waals surface area contributed by atoms with Gasteiger partial charge in [-0.15, -0.1) is 0 Å². The Bertz CT molecular complexity index is 793. The zero-order valence-corrected chi connectivity index (χ0v) is 17.8. The molecule has 0 bridgehead atoms. The van der Waals surface area contributed by atoms with E-state index in [0.717, 1.165) is 12.1 Å². The standard InChI is InChI=1S/C15H13Cl4F4N3S/c1-3-25(4-2)13-11(27-15(18,19)23)7-24-26(13)12-9(16)5-8(6-10(12)17)14(20,21)22/h5-7H,3-4H2,1-2H3. The number of anilines is 1. The van der Waals surface area contributed by atoms with E-state index in [-0.39, 0.29) is 20.6 Å². The topological polar surface area (TPSA) is 21.1 Å². The fraction of sp³-hybridized carbons (Fsp3) is 0.400. The quantitative estimate of drug-likeness (QED) is 0.246. The first-order valence-electron chi connectivity index (χ1n) is 7.54. The van der Waals surface area contributed by atoms with Crippen LogP contribution in [0.25, 0.3) is 5.69 Å². The van der Waals surface area contributed by atoms with Crippen molar-refractivity contribution in [1.82, 2.24) is 9.78 Å². The van der Waals surface area contributed by atoms with Crippen LogP contribution in [0.4, 0.5) is 23.4 Å². The van der Waals surface area contributed by atoms with E-state index < -0.39 is 15.7 Å². The van der Waals surface area contributed by atoms with Gasteiger partial charge >= 0.3 is 10.1 Å². The van der Waals surface area contributed by atoms with Crippen molar-refractivity contribution in [3.63, 3.8) is 0 Å². The van der Waals surface area contributed by atoms with Crippen LogP contribution < -0.4 is 4.90 Å². The van der Waals surface area contributed by atoms with Crippen molar-refractivity contribution in [1.29, 1.82) is 0 Å². The van der Waals surface area contributed by atoms with Gasteiger partial charge in [-0.3, -0.25) is 0 Å². The van der Waals surface area contributed by atoms with E-state index in [9.17, 15) is 17.6 Å². The summed E-state index contributed by atoms with van der Waals surface area (Å²) in [5.74, 6) is 0.358. The maximum absolute atomic E-state index is 13.7. The van der Waals surface area contributed by atoms with E-state index in [4.69, 9.17) is 46.4 Å². The molecule has 2 rings (SSSR count). The number of benzene rings is 1. The smallest absolute Gasteiger partial charge is 0.356 e. The summed E-state index contributed by atoms with van der Waals surface area (Å²) >= 11 is 23.6. The highest BCUT2D eigenvalue weighted by molar-refractivity contribution is 8.03. The molecule has 0 aliphatic heterocycles. The molecule has 150 valence electrons. The van der Waals surface area contributed by atoms with Gasteiger partial charge in [0.1, 0.15) is 11.5 Å². The van der Waals surface area contributed by atoms with E-state index >= 15 is 0 Å². The zero-order valence-electron chi connectivity index (χ0n) is 13.9. The lowest BCUT2D eigenvalue weighted by atomic mass is 10.2. The lowest BCUT2D eigenvalue weighted by Crippen LogP contribution is -2.25.